The van der Waals surface area contributed by atoms with Crippen molar-refractivity contribution in [2.75, 3.05) is 7.11 Å². The van der Waals surface area contributed by atoms with Crippen molar-refractivity contribution >= 4 is 12.3 Å². The molecule has 1 rings (SSSR count). The molecule has 0 aromatic heterocycles. The second kappa shape index (κ2) is 4.24. The van der Waals surface area contributed by atoms with E-state index in [-0.39, 0.29) is 17.8 Å². The quantitative estimate of drug-likeness (QED) is 0.461. The molecular formula is C9H14O3. The molecule has 0 radical (unpaired) electrons. The highest BCUT2D eigenvalue weighted by Gasteiger charge is 2.31. The van der Waals surface area contributed by atoms with Crippen LogP contribution in [0, 0.1) is 11.8 Å². The normalized spacial score (nSPS) is 29.4. The lowest BCUT2D eigenvalue weighted by Crippen LogP contribution is -2.28. The van der Waals surface area contributed by atoms with Crippen molar-refractivity contribution in [3.8, 4) is 0 Å². The number of ether oxygens (including phenoxy) is 1. The van der Waals surface area contributed by atoms with Crippen molar-refractivity contribution in [2.24, 2.45) is 11.8 Å². The number of hydrogen-bond donors (Lipinski definition) is 0. The van der Waals surface area contributed by atoms with Crippen molar-refractivity contribution in [3.63, 3.8) is 0 Å². The molecule has 1 aliphatic carbocycles. The Labute approximate surface area is 72.1 Å². The first kappa shape index (κ1) is 9.23. The Morgan fingerprint density at radius 1 is 1.42 bits per heavy atom. The van der Waals surface area contributed by atoms with Gasteiger partial charge in [-0.05, 0) is 12.8 Å². The van der Waals surface area contributed by atoms with Crippen molar-refractivity contribution in [1.29, 1.82) is 0 Å². The average Bonchev–Trinajstić information content (AvgIpc) is 2.16. The average molecular weight is 170 g/mol. The number of hydrogen-bond acceptors (Lipinski definition) is 3. The van der Waals surface area contributed by atoms with Crippen LogP contribution in [0.15, 0.2) is 0 Å². The monoisotopic (exact) mass is 170 g/mol. The second-order valence-electron chi connectivity index (χ2n) is 3.21. The maximum atomic E-state index is 11.2. The first-order valence-corrected chi connectivity index (χ1v) is 4.32. The van der Waals surface area contributed by atoms with Gasteiger partial charge in [0.25, 0.3) is 0 Å². The van der Waals surface area contributed by atoms with Crippen LogP contribution in [-0.2, 0) is 14.3 Å². The van der Waals surface area contributed by atoms with Gasteiger partial charge in [0.15, 0.2) is 0 Å². The van der Waals surface area contributed by atoms with Crippen LogP contribution in [0.1, 0.15) is 25.7 Å². The van der Waals surface area contributed by atoms with Crippen LogP contribution in [-0.4, -0.2) is 19.4 Å². The Bertz CT molecular complexity index is 177. The van der Waals surface area contributed by atoms with Crippen LogP contribution in [0.25, 0.3) is 0 Å². The molecule has 0 saturated heterocycles. The topological polar surface area (TPSA) is 43.4 Å². The van der Waals surface area contributed by atoms with E-state index in [1.165, 1.54) is 7.11 Å². The predicted molar refractivity (Wildman–Crippen MR) is 43.5 cm³/mol. The smallest absolute Gasteiger partial charge is 0.309 e. The fraction of sp³-hybridized carbons (Fsp3) is 0.778. The highest BCUT2D eigenvalue weighted by Crippen LogP contribution is 2.29. The molecule has 2 atom stereocenters. The van der Waals surface area contributed by atoms with Gasteiger partial charge in [-0.15, -0.1) is 0 Å². The molecule has 1 fully saturated rings. The van der Waals surface area contributed by atoms with E-state index in [9.17, 15) is 9.59 Å². The van der Waals surface area contributed by atoms with E-state index in [0.717, 1.165) is 32.0 Å². The molecule has 0 amide bonds. The summed E-state index contributed by atoms with van der Waals surface area (Å²) in [4.78, 5) is 21.7. The lowest BCUT2D eigenvalue weighted by atomic mass is 9.80. The Morgan fingerprint density at radius 3 is 2.67 bits per heavy atom. The van der Waals surface area contributed by atoms with Crippen molar-refractivity contribution in [3.05, 3.63) is 0 Å². The summed E-state index contributed by atoms with van der Waals surface area (Å²) in [6.07, 6.45) is 4.61. The third-order valence-corrected chi connectivity index (χ3v) is 2.50. The molecule has 12 heavy (non-hydrogen) atoms. The fourth-order valence-electron chi connectivity index (χ4n) is 1.77. The van der Waals surface area contributed by atoms with Crippen LogP contribution in [0.5, 0.6) is 0 Å². The van der Waals surface area contributed by atoms with E-state index in [4.69, 9.17) is 0 Å². The molecule has 3 nitrogen and oxygen atoms in total. The van der Waals surface area contributed by atoms with Gasteiger partial charge in [-0.1, -0.05) is 12.8 Å². The molecule has 0 N–H and O–H groups in total. The van der Waals surface area contributed by atoms with E-state index in [1.54, 1.807) is 0 Å². The lowest BCUT2D eigenvalue weighted by Gasteiger charge is -2.24. The summed E-state index contributed by atoms with van der Waals surface area (Å²) in [7, 11) is 1.37. The first-order valence-electron chi connectivity index (χ1n) is 4.32. The molecule has 0 aliphatic heterocycles. The highest BCUT2D eigenvalue weighted by molar-refractivity contribution is 5.76. The van der Waals surface area contributed by atoms with Crippen molar-refractivity contribution in [1.82, 2.24) is 0 Å². The van der Waals surface area contributed by atoms with Gasteiger partial charge in [0.05, 0.1) is 13.0 Å². The van der Waals surface area contributed by atoms with E-state index in [0.29, 0.717) is 0 Å². The van der Waals surface area contributed by atoms with Gasteiger partial charge in [-0.2, -0.15) is 0 Å². The molecule has 0 heterocycles. The number of esters is 1. The van der Waals surface area contributed by atoms with Crippen LogP contribution in [0.3, 0.4) is 0 Å². The molecule has 0 bridgehead atoms. The van der Waals surface area contributed by atoms with E-state index in [2.05, 4.69) is 4.74 Å². The molecule has 1 saturated carbocycles. The van der Waals surface area contributed by atoms with E-state index in [1.807, 2.05) is 0 Å². The number of rotatable bonds is 2. The summed E-state index contributed by atoms with van der Waals surface area (Å²) in [6.45, 7) is 0. The molecule has 68 valence electrons. The van der Waals surface area contributed by atoms with Gasteiger partial charge in [-0.3, -0.25) is 4.79 Å². The lowest BCUT2D eigenvalue weighted by molar-refractivity contribution is -0.149. The standard InChI is InChI=1S/C9H14O3/c1-12-9(11)8-5-3-2-4-7(8)6-10/h6-8H,2-5H2,1H3/t7-,8-/m0/s1. The predicted octanol–water partition coefficient (Wildman–Crippen LogP) is 1.16. The van der Waals surface area contributed by atoms with Gasteiger partial charge in [-0.25, -0.2) is 0 Å². The van der Waals surface area contributed by atoms with Crippen molar-refractivity contribution < 1.29 is 14.3 Å². The molecule has 3 heteroatoms. The highest BCUT2D eigenvalue weighted by atomic mass is 16.5. The number of carbonyl (C=O) groups is 2. The van der Waals surface area contributed by atoms with Crippen LogP contribution < -0.4 is 0 Å². The van der Waals surface area contributed by atoms with E-state index < -0.39 is 0 Å². The third-order valence-electron chi connectivity index (χ3n) is 2.50. The van der Waals surface area contributed by atoms with Gasteiger partial charge in [0.2, 0.25) is 0 Å². The van der Waals surface area contributed by atoms with Crippen LogP contribution in [0.2, 0.25) is 0 Å². The van der Waals surface area contributed by atoms with E-state index >= 15 is 0 Å². The summed E-state index contributed by atoms with van der Waals surface area (Å²) >= 11 is 0. The minimum Gasteiger partial charge on any atom is -0.469 e. The Morgan fingerprint density at radius 2 is 2.08 bits per heavy atom. The fourth-order valence-corrected chi connectivity index (χ4v) is 1.77. The molecule has 0 aromatic carbocycles. The SMILES string of the molecule is COC(=O)[C@H]1CCCC[C@H]1C=O. The van der Waals surface area contributed by atoms with Crippen molar-refractivity contribution in [2.45, 2.75) is 25.7 Å². The third kappa shape index (κ3) is 1.84. The number of aldehydes is 1. The summed E-state index contributed by atoms with van der Waals surface area (Å²) in [6, 6.07) is 0. The maximum Gasteiger partial charge on any atom is 0.309 e. The second-order valence-corrected chi connectivity index (χ2v) is 3.21. The van der Waals surface area contributed by atoms with Crippen LogP contribution in [0.4, 0.5) is 0 Å². The summed E-state index contributed by atoms with van der Waals surface area (Å²) in [5.41, 5.74) is 0. The zero-order valence-electron chi connectivity index (χ0n) is 7.29. The maximum absolute atomic E-state index is 11.2. The van der Waals surface area contributed by atoms with Gasteiger partial charge < -0.3 is 9.53 Å². The zero-order chi connectivity index (χ0) is 8.97. The Kier molecular flexibility index (Phi) is 3.26. The van der Waals surface area contributed by atoms with Gasteiger partial charge in [0, 0.05) is 5.92 Å². The van der Waals surface area contributed by atoms with Crippen LogP contribution >= 0.6 is 0 Å². The summed E-state index contributed by atoms with van der Waals surface area (Å²) < 4.78 is 4.62. The minimum absolute atomic E-state index is 0.105. The largest absolute Gasteiger partial charge is 0.469 e. The number of methoxy groups -OCH3 is 1. The first-order chi connectivity index (χ1) is 5.79. The molecule has 0 aromatic rings. The Hall–Kier alpha value is -0.860. The number of carbonyl (C=O) groups excluding carboxylic acids is 2. The summed E-state index contributed by atoms with van der Waals surface area (Å²) in [5, 5.41) is 0. The molecule has 0 spiro atoms. The Balaban J connectivity index is 2.58. The molecule has 1 aliphatic rings. The molecule has 0 unspecified atom stereocenters. The van der Waals surface area contributed by atoms with Gasteiger partial charge in [0.1, 0.15) is 6.29 Å². The zero-order valence-corrected chi connectivity index (χ0v) is 7.29. The summed E-state index contributed by atoms with van der Waals surface area (Å²) in [5.74, 6) is -0.515. The molecular weight excluding hydrogens is 156 g/mol. The van der Waals surface area contributed by atoms with Gasteiger partial charge >= 0.3 is 5.97 Å². The minimum atomic E-state index is -0.230.